The van der Waals surface area contributed by atoms with Crippen LogP contribution in [-0.4, -0.2) is 42.9 Å². The molecule has 2 rings (SSSR count). The second-order valence-corrected chi connectivity index (χ2v) is 5.96. The third kappa shape index (κ3) is 6.84. The van der Waals surface area contributed by atoms with Crippen LogP contribution in [0, 0.1) is 0 Å². The summed E-state index contributed by atoms with van der Waals surface area (Å²) < 4.78 is 0. The van der Waals surface area contributed by atoms with Gasteiger partial charge in [-0.05, 0) is 31.4 Å². The molecule has 1 aliphatic rings. The van der Waals surface area contributed by atoms with Crippen molar-refractivity contribution in [3.05, 3.63) is 34.9 Å². The summed E-state index contributed by atoms with van der Waals surface area (Å²) in [6, 6.07) is 7.68. The number of likely N-dealkylation sites (tertiary alicyclic amines) is 1. The van der Waals surface area contributed by atoms with Gasteiger partial charge >= 0.3 is 0 Å². The molecule has 134 valence electrons. The molecule has 1 heterocycles. The van der Waals surface area contributed by atoms with E-state index in [-0.39, 0.29) is 29.9 Å². The van der Waals surface area contributed by atoms with Gasteiger partial charge in [0, 0.05) is 37.6 Å². The smallest absolute Gasteiger partial charge is 0.224 e. The average molecular weight is 465 g/mol. The number of guanidine groups is 1. The van der Waals surface area contributed by atoms with E-state index in [9.17, 15) is 4.79 Å². The van der Waals surface area contributed by atoms with E-state index in [4.69, 9.17) is 11.6 Å². The molecule has 2 N–H and O–H groups in total. The highest BCUT2D eigenvalue weighted by molar-refractivity contribution is 14.0. The van der Waals surface area contributed by atoms with E-state index >= 15 is 0 Å². The number of nitrogens with one attached hydrogen (secondary N) is 2. The minimum Gasteiger partial charge on any atom is -0.357 e. The maximum atomic E-state index is 12.0. The highest BCUT2D eigenvalue weighted by atomic mass is 127. The molecule has 0 saturated carbocycles. The third-order valence-corrected chi connectivity index (χ3v) is 4.17. The number of nitrogens with zero attached hydrogens (tertiary/aromatic N) is 2. The zero-order valence-corrected chi connectivity index (χ0v) is 17.1. The molecule has 5 nitrogen and oxygen atoms in total. The standard InChI is InChI=1S/C17H25ClN4O.HI/c1-2-19-17(21-13-14-7-3-4-8-15(14)18)20-10-9-16(23)22-11-5-6-12-22;/h3-4,7-8H,2,5-6,9-13H2,1H3,(H2,19,20,21);1H. The van der Waals surface area contributed by atoms with Crippen molar-refractivity contribution in [2.45, 2.75) is 32.7 Å². The zero-order valence-electron chi connectivity index (χ0n) is 14.1. The second kappa shape index (κ2) is 11.5. The zero-order chi connectivity index (χ0) is 16.5. The lowest BCUT2D eigenvalue weighted by Crippen LogP contribution is -2.39. The summed E-state index contributed by atoms with van der Waals surface area (Å²) in [7, 11) is 0. The Labute approximate surface area is 166 Å². The number of benzene rings is 1. The minimum absolute atomic E-state index is 0. The Morgan fingerprint density at radius 3 is 2.62 bits per heavy atom. The molecule has 0 unspecified atom stereocenters. The molecular weight excluding hydrogens is 439 g/mol. The van der Waals surface area contributed by atoms with E-state index in [0.717, 1.165) is 43.1 Å². The van der Waals surface area contributed by atoms with Crippen LogP contribution in [0.2, 0.25) is 5.02 Å². The summed E-state index contributed by atoms with van der Waals surface area (Å²) in [6.45, 7) is 5.69. The Bertz CT molecular complexity index is 547. The fraction of sp³-hybridized carbons (Fsp3) is 0.529. The van der Waals surface area contributed by atoms with Crippen molar-refractivity contribution in [3.63, 3.8) is 0 Å². The molecule has 1 amide bonds. The molecular formula is C17H26ClIN4O. The molecule has 1 aromatic carbocycles. The summed E-state index contributed by atoms with van der Waals surface area (Å²) in [5, 5.41) is 7.12. The van der Waals surface area contributed by atoms with Gasteiger partial charge in [-0.2, -0.15) is 0 Å². The van der Waals surface area contributed by atoms with Gasteiger partial charge in [-0.25, -0.2) is 4.99 Å². The lowest BCUT2D eigenvalue weighted by molar-refractivity contribution is -0.129. The topological polar surface area (TPSA) is 56.7 Å². The van der Waals surface area contributed by atoms with Crippen molar-refractivity contribution in [1.82, 2.24) is 15.5 Å². The summed E-state index contributed by atoms with van der Waals surface area (Å²) in [6.07, 6.45) is 2.75. The predicted octanol–water partition coefficient (Wildman–Crippen LogP) is 3.03. The third-order valence-electron chi connectivity index (χ3n) is 3.80. The Kier molecular flexibility index (Phi) is 10.1. The Morgan fingerprint density at radius 1 is 1.25 bits per heavy atom. The molecule has 1 aliphatic heterocycles. The molecule has 1 saturated heterocycles. The van der Waals surface area contributed by atoms with Crippen LogP contribution < -0.4 is 10.6 Å². The number of hydrogen-bond acceptors (Lipinski definition) is 2. The molecule has 0 bridgehead atoms. The van der Waals surface area contributed by atoms with Crippen molar-refractivity contribution in [2.24, 2.45) is 4.99 Å². The summed E-state index contributed by atoms with van der Waals surface area (Å²) in [5.74, 6) is 0.929. The number of aliphatic imine (C=N–C) groups is 1. The Balaban J connectivity index is 0.00000288. The van der Waals surface area contributed by atoms with Crippen molar-refractivity contribution in [1.29, 1.82) is 0 Å². The first kappa shape index (κ1) is 21.0. The SMILES string of the molecule is CCNC(=NCc1ccccc1Cl)NCCC(=O)N1CCCC1.I. The van der Waals surface area contributed by atoms with Crippen LogP contribution >= 0.6 is 35.6 Å². The number of carbonyl (C=O) groups is 1. The highest BCUT2D eigenvalue weighted by Crippen LogP contribution is 2.15. The van der Waals surface area contributed by atoms with Crippen LogP contribution in [0.15, 0.2) is 29.3 Å². The summed E-state index contributed by atoms with van der Waals surface area (Å²) in [5.41, 5.74) is 0.986. The lowest BCUT2D eigenvalue weighted by atomic mass is 10.2. The molecule has 1 aromatic rings. The molecule has 0 atom stereocenters. The molecule has 0 aromatic heterocycles. The van der Waals surface area contributed by atoms with Gasteiger partial charge in [0.1, 0.15) is 0 Å². The van der Waals surface area contributed by atoms with Gasteiger partial charge in [0.25, 0.3) is 0 Å². The normalized spacial score (nSPS) is 14.2. The molecule has 1 fully saturated rings. The van der Waals surface area contributed by atoms with Gasteiger partial charge in [-0.3, -0.25) is 4.79 Å². The van der Waals surface area contributed by atoms with E-state index in [0.29, 0.717) is 25.5 Å². The number of rotatable bonds is 6. The highest BCUT2D eigenvalue weighted by Gasteiger charge is 2.17. The number of amides is 1. The minimum atomic E-state index is 0. The van der Waals surface area contributed by atoms with Crippen LogP contribution in [0.25, 0.3) is 0 Å². The van der Waals surface area contributed by atoms with Gasteiger partial charge in [0.05, 0.1) is 6.54 Å². The van der Waals surface area contributed by atoms with Crippen LogP contribution in [0.3, 0.4) is 0 Å². The lowest BCUT2D eigenvalue weighted by Gasteiger charge is -2.16. The average Bonchev–Trinajstić information content (AvgIpc) is 3.08. The van der Waals surface area contributed by atoms with Gasteiger partial charge < -0.3 is 15.5 Å². The van der Waals surface area contributed by atoms with Crippen LogP contribution in [0.5, 0.6) is 0 Å². The van der Waals surface area contributed by atoms with E-state index in [1.807, 2.05) is 36.1 Å². The molecule has 7 heteroatoms. The van der Waals surface area contributed by atoms with Crippen molar-refractivity contribution in [2.75, 3.05) is 26.2 Å². The largest absolute Gasteiger partial charge is 0.357 e. The Morgan fingerprint density at radius 2 is 1.96 bits per heavy atom. The maximum absolute atomic E-state index is 12.0. The molecule has 24 heavy (non-hydrogen) atoms. The van der Waals surface area contributed by atoms with Crippen LogP contribution in [0.4, 0.5) is 0 Å². The summed E-state index contributed by atoms with van der Waals surface area (Å²) in [4.78, 5) is 18.5. The molecule has 0 spiro atoms. The van der Waals surface area contributed by atoms with E-state index in [1.165, 1.54) is 0 Å². The van der Waals surface area contributed by atoms with Crippen molar-refractivity contribution in [3.8, 4) is 0 Å². The van der Waals surface area contributed by atoms with Gasteiger partial charge in [-0.1, -0.05) is 29.8 Å². The van der Waals surface area contributed by atoms with Gasteiger partial charge in [0.2, 0.25) is 5.91 Å². The van der Waals surface area contributed by atoms with Crippen molar-refractivity contribution < 1.29 is 4.79 Å². The first-order valence-electron chi connectivity index (χ1n) is 8.24. The first-order chi connectivity index (χ1) is 11.2. The quantitative estimate of drug-likeness (QED) is 0.387. The fourth-order valence-corrected chi connectivity index (χ4v) is 2.74. The van der Waals surface area contributed by atoms with Crippen LogP contribution in [-0.2, 0) is 11.3 Å². The van der Waals surface area contributed by atoms with Gasteiger partial charge in [-0.15, -0.1) is 24.0 Å². The fourth-order valence-electron chi connectivity index (χ4n) is 2.55. The summed E-state index contributed by atoms with van der Waals surface area (Å²) >= 11 is 6.14. The predicted molar refractivity (Wildman–Crippen MR) is 110 cm³/mol. The van der Waals surface area contributed by atoms with Crippen LogP contribution in [0.1, 0.15) is 31.7 Å². The van der Waals surface area contributed by atoms with E-state index < -0.39 is 0 Å². The number of hydrogen-bond donors (Lipinski definition) is 2. The first-order valence-corrected chi connectivity index (χ1v) is 8.62. The van der Waals surface area contributed by atoms with E-state index in [1.54, 1.807) is 0 Å². The number of carbonyl (C=O) groups excluding carboxylic acids is 1. The molecule has 0 aliphatic carbocycles. The Hall–Kier alpha value is -1.02. The second-order valence-electron chi connectivity index (χ2n) is 5.55. The van der Waals surface area contributed by atoms with E-state index in [2.05, 4.69) is 15.6 Å². The van der Waals surface area contributed by atoms with Gasteiger partial charge in [0.15, 0.2) is 5.96 Å². The van der Waals surface area contributed by atoms with Crippen molar-refractivity contribution >= 4 is 47.4 Å². The monoisotopic (exact) mass is 464 g/mol. The maximum Gasteiger partial charge on any atom is 0.224 e. The number of halogens is 2. The molecule has 0 radical (unpaired) electrons.